The molecule has 108 valence electrons. The number of H-pyrrole nitrogens is 1. The molecule has 0 saturated carbocycles. The Bertz CT molecular complexity index is 727. The van der Waals surface area contributed by atoms with E-state index in [1.165, 1.54) is 4.57 Å². The molecular formula is C12H17N5O3. The van der Waals surface area contributed by atoms with E-state index in [2.05, 4.69) is 15.3 Å². The van der Waals surface area contributed by atoms with Crippen molar-refractivity contribution in [2.24, 2.45) is 0 Å². The van der Waals surface area contributed by atoms with Gasteiger partial charge in [0.25, 0.3) is 5.56 Å². The summed E-state index contributed by atoms with van der Waals surface area (Å²) in [5.74, 6) is 1.21. The number of nitrogens with one attached hydrogen (secondary N) is 2. The van der Waals surface area contributed by atoms with Gasteiger partial charge in [0.1, 0.15) is 23.3 Å². The van der Waals surface area contributed by atoms with E-state index in [1.807, 2.05) is 0 Å². The van der Waals surface area contributed by atoms with Crippen LogP contribution >= 0.6 is 0 Å². The Morgan fingerprint density at radius 1 is 1.55 bits per heavy atom. The summed E-state index contributed by atoms with van der Waals surface area (Å²) in [7, 11) is 0. The van der Waals surface area contributed by atoms with Crippen LogP contribution in [0.2, 0.25) is 0 Å². The van der Waals surface area contributed by atoms with E-state index in [9.17, 15) is 9.59 Å². The SMILES string of the molecule is CCn1c(N)c(NC(C)c2ncc(C)o2)c(=O)[nH]c1=O. The highest BCUT2D eigenvalue weighted by Crippen LogP contribution is 2.19. The van der Waals surface area contributed by atoms with Crippen LogP contribution in [0.5, 0.6) is 0 Å². The van der Waals surface area contributed by atoms with Gasteiger partial charge in [-0.25, -0.2) is 9.78 Å². The van der Waals surface area contributed by atoms with Gasteiger partial charge in [-0.1, -0.05) is 0 Å². The second kappa shape index (κ2) is 5.24. The van der Waals surface area contributed by atoms with Gasteiger partial charge in [0.15, 0.2) is 0 Å². The number of hydrogen-bond donors (Lipinski definition) is 3. The highest BCUT2D eigenvalue weighted by Gasteiger charge is 2.17. The molecule has 0 radical (unpaired) electrons. The molecule has 8 nitrogen and oxygen atoms in total. The van der Waals surface area contributed by atoms with Crippen molar-refractivity contribution in [3.63, 3.8) is 0 Å². The molecule has 0 amide bonds. The first-order valence-electron chi connectivity index (χ1n) is 6.25. The standard InChI is InChI=1S/C12H17N5O3/c1-4-17-9(13)8(10(18)16-12(17)19)15-7(3)11-14-5-6(2)20-11/h5,7,15H,4,13H2,1-3H3,(H,16,18,19). The average Bonchev–Trinajstić information content (AvgIpc) is 2.81. The maximum Gasteiger partial charge on any atom is 0.330 e. The number of aromatic nitrogens is 3. The Labute approximate surface area is 114 Å². The third kappa shape index (κ3) is 2.44. The van der Waals surface area contributed by atoms with E-state index >= 15 is 0 Å². The Kier molecular flexibility index (Phi) is 3.64. The highest BCUT2D eigenvalue weighted by atomic mass is 16.4. The zero-order valence-corrected chi connectivity index (χ0v) is 11.6. The second-order valence-corrected chi connectivity index (χ2v) is 4.44. The first-order chi connectivity index (χ1) is 9.43. The smallest absolute Gasteiger partial charge is 0.330 e. The van der Waals surface area contributed by atoms with Crippen molar-refractivity contribution in [2.75, 3.05) is 11.1 Å². The average molecular weight is 279 g/mol. The molecule has 2 aromatic heterocycles. The van der Waals surface area contributed by atoms with Crippen LogP contribution in [-0.2, 0) is 6.54 Å². The fourth-order valence-corrected chi connectivity index (χ4v) is 1.89. The summed E-state index contributed by atoms with van der Waals surface area (Å²) in [5.41, 5.74) is 4.90. The van der Waals surface area contributed by atoms with E-state index in [0.29, 0.717) is 18.2 Å². The number of oxazole rings is 1. The van der Waals surface area contributed by atoms with Gasteiger partial charge < -0.3 is 15.5 Å². The molecule has 0 aliphatic carbocycles. The molecule has 2 heterocycles. The van der Waals surface area contributed by atoms with Gasteiger partial charge >= 0.3 is 5.69 Å². The minimum absolute atomic E-state index is 0.0939. The van der Waals surface area contributed by atoms with Gasteiger partial charge in [0, 0.05) is 6.54 Å². The van der Waals surface area contributed by atoms with Gasteiger partial charge in [-0.05, 0) is 20.8 Å². The summed E-state index contributed by atoms with van der Waals surface area (Å²) in [6.07, 6.45) is 1.59. The summed E-state index contributed by atoms with van der Waals surface area (Å²) < 4.78 is 6.66. The molecule has 0 aliphatic rings. The maximum absolute atomic E-state index is 11.8. The monoisotopic (exact) mass is 279 g/mol. The van der Waals surface area contributed by atoms with Crippen LogP contribution in [0.1, 0.15) is 31.5 Å². The third-order valence-corrected chi connectivity index (χ3v) is 2.93. The topological polar surface area (TPSA) is 119 Å². The number of anilines is 2. The third-order valence-electron chi connectivity index (χ3n) is 2.93. The number of aromatic amines is 1. The van der Waals surface area contributed by atoms with Crippen LogP contribution in [-0.4, -0.2) is 14.5 Å². The van der Waals surface area contributed by atoms with Crippen LogP contribution < -0.4 is 22.3 Å². The molecule has 0 fully saturated rings. The molecule has 4 N–H and O–H groups in total. The lowest BCUT2D eigenvalue weighted by Gasteiger charge is -2.15. The Morgan fingerprint density at radius 3 is 2.80 bits per heavy atom. The summed E-state index contributed by atoms with van der Waals surface area (Å²) in [6.45, 7) is 5.69. The Hall–Kier alpha value is -2.51. The summed E-state index contributed by atoms with van der Waals surface area (Å²) in [5, 5.41) is 2.93. The number of nitrogens with two attached hydrogens (primary N) is 1. The molecule has 2 rings (SSSR count). The van der Waals surface area contributed by atoms with Crippen molar-refractivity contribution in [2.45, 2.75) is 33.4 Å². The van der Waals surface area contributed by atoms with Crippen molar-refractivity contribution in [3.8, 4) is 0 Å². The number of rotatable bonds is 4. The molecular weight excluding hydrogens is 262 g/mol. The lowest BCUT2D eigenvalue weighted by molar-refractivity contribution is 0.453. The molecule has 0 aromatic carbocycles. The fraction of sp³-hybridized carbons (Fsp3) is 0.417. The van der Waals surface area contributed by atoms with Crippen molar-refractivity contribution in [1.82, 2.24) is 14.5 Å². The normalized spacial score (nSPS) is 12.3. The molecule has 0 spiro atoms. The van der Waals surface area contributed by atoms with Crippen LogP contribution in [0.3, 0.4) is 0 Å². The van der Waals surface area contributed by atoms with Crippen molar-refractivity contribution in [3.05, 3.63) is 38.7 Å². The number of aryl methyl sites for hydroxylation is 1. The van der Waals surface area contributed by atoms with Crippen LogP contribution in [0.15, 0.2) is 20.2 Å². The maximum atomic E-state index is 11.8. The molecule has 2 aromatic rings. The van der Waals surface area contributed by atoms with Crippen molar-refractivity contribution < 1.29 is 4.42 Å². The van der Waals surface area contributed by atoms with Crippen LogP contribution in [0.4, 0.5) is 11.5 Å². The van der Waals surface area contributed by atoms with E-state index < -0.39 is 11.2 Å². The van der Waals surface area contributed by atoms with E-state index in [0.717, 1.165) is 0 Å². The lowest BCUT2D eigenvalue weighted by atomic mass is 10.3. The summed E-state index contributed by atoms with van der Waals surface area (Å²) >= 11 is 0. The van der Waals surface area contributed by atoms with Gasteiger partial charge in [-0.2, -0.15) is 0 Å². The molecule has 1 atom stereocenters. The molecule has 1 unspecified atom stereocenters. The Balaban J connectivity index is 2.39. The quantitative estimate of drug-likeness (QED) is 0.754. The van der Waals surface area contributed by atoms with Gasteiger partial charge in [0.2, 0.25) is 5.89 Å². The second-order valence-electron chi connectivity index (χ2n) is 4.44. The Morgan fingerprint density at radius 2 is 2.25 bits per heavy atom. The molecule has 0 bridgehead atoms. The minimum atomic E-state index is -0.563. The van der Waals surface area contributed by atoms with Crippen molar-refractivity contribution >= 4 is 11.5 Å². The van der Waals surface area contributed by atoms with Gasteiger partial charge in [-0.3, -0.25) is 14.3 Å². The van der Waals surface area contributed by atoms with Crippen molar-refractivity contribution in [1.29, 1.82) is 0 Å². The molecule has 20 heavy (non-hydrogen) atoms. The number of nitrogen functional groups attached to an aromatic ring is 1. The first kappa shape index (κ1) is 13.9. The molecule has 0 saturated heterocycles. The van der Waals surface area contributed by atoms with E-state index in [4.69, 9.17) is 10.2 Å². The molecule has 8 heteroatoms. The first-order valence-corrected chi connectivity index (χ1v) is 6.25. The van der Waals surface area contributed by atoms with Crippen LogP contribution in [0.25, 0.3) is 0 Å². The fourth-order valence-electron chi connectivity index (χ4n) is 1.89. The van der Waals surface area contributed by atoms with Gasteiger partial charge in [0.05, 0.1) is 6.20 Å². The number of hydrogen-bond acceptors (Lipinski definition) is 6. The lowest BCUT2D eigenvalue weighted by Crippen LogP contribution is -2.34. The molecule has 0 aliphatic heterocycles. The minimum Gasteiger partial charge on any atom is -0.444 e. The zero-order valence-electron chi connectivity index (χ0n) is 11.6. The van der Waals surface area contributed by atoms with E-state index in [1.54, 1.807) is 27.0 Å². The summed E-state index contributed by atoms with van der Waals surface area (Å²) in [4.78, 5) is 29.7. The predicted molar refractivity (Wildman–Crippen MR) is 74.7 cm³/mol. The zero-order chi connectivity index (χ0) is 14.9. The van der Waals surface area contributed by atoms with E-state index in [-0.39, 0.29) is 17.5 Å². The highest BCUT2D eigenvalue weighted by molar-refractivity contribution is 5.60. The number of nitrogens with zero attached hydrogens (tertiary/aromatic N) is 2. The predicted octanol–water partition coefficient (Wildman–Crippen LogP) is 0.608. The summed E-state index contributed by atoms with van der Waals surface area (Å²) in [6, 6.07) is -0.352. The largest absolute Gasteiger partial charge is 0.444 e. The van der Waals surface area contributed by atoms with Gasteiger partial charge in [-0.15, -0.1) is 0 Å². The van der Waals surface area contributed by atoms with Crippen LogP contribution in [0, 0.1) is 6.92 Å².